The zero-order valence-corrected chi connectivity index (χ0v) is 24.9. The van der Waals surface area contributed by atoms with E-state index in [1.165, 1.54) is 0 Å². The van der Waals surface area contributed by atoms with Gasteiger partial charge in [0, 0.05) is 15.7 Å². The second-order valence-electron chi connectivity index (χ2n) is 8.33. The predicted molar refractivity (Wildman–Crippen MR) is 155 cm³/mol. The maximum Gasteiger partial charge on any atom is 0.203 e. The minimum atomic E-state index is -0.0804. The molecule has 0 saturated carbocycles. The Morgan fingerprint density at radius 3 is 1.89 bits per heavy atom. The summed E-state index contributed by atoms with van der Waals surface area (Å²) in [5.74, 6) is 4.09. The van der Waals surface area contributed by atoms with E-state index in [1.807, 2.05) is 42.5 Å². The second-order valence-corrected chi connectivity index (χ2v) is 11.1. The fraction of sp³-hybridized carbons (Fsp3) is 0.357. The van der Waals surface area contributed by atoms with E-state index in [4.69, 9.17) is 40.0 Å². The largest absolute Gasteiger partial charge is 0.493 e. The van der Waals surface area contributed by atoms with E-state index in [1.54, 1.807) is 40.2 Å². The van der Waals surface area contributed by atoms with Gasteiger partial charge in [-0.05, 0) is 95.1 Å². The molecule has 37 heavy (non-hydrogen) atoms. The number of hydrogen-bond acceptors (Lipinski definition) is 7. The third-order valence-corrected chi connectivity index (χ3v) is 8.14. The lowest BCUT2D eigenvalue weighted by Gasteiger charge is -2.19. The normalized spacial score (nSPS) is 16.9. The molecule has 0 radical (unpaired) electrons. The predicted octanol–water partition coefficient (Wildman–Crippen LogP) is 7.74. The van der Waals surface area contributed by atoms with Crippen LogP contribution in [-0.2, 0) is 4.74 Å². The third kappa shape index (κ3) is 6.71. The number of hydrogen-bond donors (Lipinski definition) is 0. The van der Waals surface area contributed by atoms with Crippen molar-refractivity contribution in [3.05, 3.63) is 68.3 Å². The fourth-order valence-corrected chi connectivity index (χ4v) is 5.95. The first-order chi connectivity index (χ1) is 18.0. The number of thioether (sulfide) groups is 1. The number of halogens is 2. The second kappa shape index (κ2) is 13.2. The average Bonchev–Trinajstić information content (AvgIpc) is 3.42. The lowest BCUT2D eigenvalue weighted by molar-refractivity contribution is 0.0436. The molecule has 1 aliphatic heterocycles. The van der Waals surface area contributed by atoms with Gasteiger partial charge >= 0.3 is 0 Å². The van der Waals surface area contributed by atoms with Crippen LogP contribution in [0.15, 0.2) is 53.4 Å². The summed E-state index contributed by atoms with van der Waals surface area (Å²) in [6, 6.07) is 15.9. The fourth-order valence-electron chi connectivity index (χ4n) is 4.31. The number of benzene rings is 3. The van der Waals surface area contributed by atoms with E-state index in [9.17, 15) is 0 Å². The van der Waals surface area contributed by atoms with Gasteiger partial charge in [0.15, 0.2) is 23.0 Å². The highest BCUT2D eigenvalue weighted by atomic mass is 127. The van der Waals surface area contributed by atoms with Gasteiger partial charge < -0.3 is 28.4 Å². The van der Waals surface area contributed by atoms with Gasteiger partial charge in [0.25, 0.3) is 0 Å². The highest BCUT2D eigenvalue weighted by Crippen LogP contribution is 2.47. The van der Waals surface area contributed by atoms with Crippen LogP contribution in [0.2, 0.25) is 5.02 Å². The van der Waals surface area contributed by atoms with Crippen LogP contribution in [0, 0.1) is 3.57 Å². The van der Waals surface area contributed by atoms with E-state index < -0.39 is 0 Å². The maximum atomic E-state index is 6.49. The van der Waals surface area contributed by atoms with Gasteiger partial charge in [0.05, 0.1) is 50.8 Å². The molecule has 198 valence electrons. The molecule has 6 nitrogen and oxygen atoms in total. The van der Waals surface area contributed by atoms with Crippen molar-refractivity contribution < 1.29 is 28.4 Å². The van der Waals surface area contributed by atoms with Crippen molar-refractivity contribution in [3.8, 4) is 28.7 Å². The molecule has 0 aliphatic carbocycles. The van der Waals surface area contributed by atoms with E-state index in [2.05, 4.69) is 28.7 Å². The van der Waals surface area contributed by atoms with Crippen LogP contribution in [0.1, 0.15) is 36.2 Å². The van der Waals surface area contributed by atoms with Gasteiger partial charge in [-0.25, -0.2) is 0 Å². The zero-order valence-electron chi connectivity index (χ0n) is 21.2. The molecule has 1 fully saturated rings. The highest BCUT2D eigenvalue weighted by molar-refractivity contribution is 14.1. The summed E-state index contributed by atoms with van der Waals surface area (Å²) in [6.45, 7) is 0.558. The van der Waals surface area contributed by atoms with Crippen LogP contribution >= 0.6 is 46.0 Å². The van der Waals surface area contributed by atoms with Crippen molar-refractivity contribution in [3.63, 3.8) is 0 Å². The van der Waals surface area contributed by atoms with Crippen LogP contribution in [0.3, 0.4) is 0 Å². The minimum absolute atomic E-state index is 0.0546. The minimum Gasteiger partial charge on any atom is -0.493 e. The Morgan fingerprint density at radius 1 is 0.811 bits per heavy atom. The van der Waals surface area contributed by atoms with Crippen LogP contribution in [0.4, 0.5) is 0 Å². The van der Waals surface area contributed by atoms with Gasteiger partial charge in [-0.15, -0.1) is 11.8 Å². The highest BCUT2D eigenvalue weighted by Gasteiger charge is 2.30. The SMILES string of the molecule is COc1cc(C2CCC(c3cc(OC)c(OC)c(OC)c3)O2)cc(I)c1OCCSc1ccc(Cl)cc1. The van der Waals surface area contributed by atoms with E-state index >= 15 is 0 Å². The number of ether oxygens (including phenoxy) is 6. The number of methoxy groups -OCH3 is 4. The molecule has 0 bridgehead atoms. The molecule has 4 rings (SSSR count). The summed E-state index contributed by atoms with van der Waals surface area (Å²) in [4.78, 5) is 1.16. The lowest BCUT2D eigenvalue weighted by Crippen LogP contribution is -2.06. The van der Waals surface area contributed by atoms with E-state index in [0.717, 1.165) is 49.0 Å². The van der Waals surface area contributed by atoms with Gasteiger partial charge in [-0.1, -0.05) is 11.6 Å². The lowest BCUT2D eigenvalue weighted by atomic mass is 10.0. The molecule has 0 spiro atoms. The molecule has 3 aromatic carbocycles. The van der Waals surface area contributed by atoms with Gasteiger partial charge in [0.2, 0.25) is 5.75 Å². The maximum absolute atomic E-state index is 6.49. The van der Waals surface area contributed by atoms with Crippen molar-refractivity contribution in [2.45, 2.75) is 29.9 Å². The summed E-state index contributed by atoms with van der Waals surface area (Å²) in [6.07, 6.45) is 1.63. The first kappa shape index (κ1) is 28.0. The quantitative estimate of drug-likeness (QED) is 0.119. The van der Waals surface area contributed by atoms with Gasteiger partial charge in [0.1, 0.15) is 0 Å². The van der Waals surface area contributed by atoms with Crippen molar-refractivity contribution >= 4 is 46.0 Å². The zero-order chi connectivity index (χ0) is 26.4. The molecule has 1 heterocycles. The molecular formula is C28H30ClIO6S. The standard InChI is InChI=1S/C28H30ClIO6S/c1-31-24-14-17(13-21(30)27(24)35-11-12-37-20-7-5-19(29)6-8-20)22-9-10-23(36-22)18-15-25(32-2)28(34-4)26(16-18)33-3/h5-8,13-16,22-23H,9-12H2,1-4H3. The Balaban J connectivity index is 1.43. The molecule has 2 atom stereocenters. The molecule has 1 aliphatic rings. The summed E-state index contributed by atoms with van der Waals surface area (Å²) in [5, 5.41) is 0.737. The van der Waals surface area contributed by atoms with Gasteiger partial charge in [-0.3, -0.25) is 0 Å². The first-order valence-corrected chi connectivity index (χ1v) is 14.3. The number of rotatable bonds is 11. The van der Waals surface area contributed by atoms with Crippen molar-refractivity contribution in [2.75, 3.05) is 40.8 Å². The van der Waals surface area contributed by atoms with Crippen LogP contribution in [0.25, 0.3) is 0 Å². The molecule has 2 unspecified atom stereocenters. The molecule has 3 aromatic rings. The van der Waals surface area contributed by atoms with Crippen LogP contribution < -0.4 is 23.7 Å². The topological polar surface area (TPSA) is 55.4 Å². The molecule has 1 saturated heterocycles. The summed E-state index contributed by atoms with van der Waals surface area (Å²) < 4.78 is 35.8. The summed E-state index contributed by atoms with van der Waals surface area (Å²) in [7, 11) is 6.50. The molecule has 0 aromatic heterocycles. The molecule has 0 N–H and O–H groups in total. The Labute approximate surface area is 241 Å². The Morgan fingerprint density at radius 2 is 1.35 bits per heavy atom. The monoisotopic (exact) mass is 656 g/mol. The molecular weight excluding hydrogens is 627 g/mol. The molecule has 0 amide bonds. The summed E-state index contributed by atoms with van der Waals surface area (Å²) in [5.41, 5.74) is 2.07. The van der Waals surface area contributed by atoms with E-state index in [-0.39, 0.29) is 12.2 Å². The average molecular weight is 657 g/mol. The molecule has 9 heteroatoms. The first-order valence-electron chi connectivity index (χ1n) is 11.8. The van der Waals surface area contributed by atoms with Gasteiger partial charge in [-0.2, -0.15) is 0 Å². The Bertz CT molecular complexity index is 1180. The third-order valence-electron chi connectivity index (χ3n) is 6.11. The Hall–Kier alpha value is -2.01. The Kier molecular flexibility index (Phi) is 9.97. The van der Waals surface area contributed by atoms with Crippen LogP contribution in [0.5, 0.6) is 28.7 Å². The van der Waals surface area contributed by atoms with Crippen molar-refractivity contribution in [1.82, 2.24) is 0 Å². The van der Waals surface area contributed by atoms with Crippen LogP contribution in [-0.4, -0.2) is 40.8 Å². The van der Waals surface area contributed by atoms with E-state index in [0.29, 0.717) is 29.6 Å². The van der Waals surface area contributed by atoms with Crippen molar-refractivity contribution in [1.29, 1.82) is 0 Å². The van der Waals surface area contributed by atoms with Crippen molar-refractivity contribution in [2.24, 2.45) is 0 Å². The summed E-state index contributed by atoms with van der Waals surface area (Å²) >= 11 is 9.99. The smallest absolute Gasteiger partial charge is 0.203 e.